The van der Waals surface area contributed by atoms with Crippen LogP contribution in [0, 0.1) is 11.6 Å². The number of benzene rings is 2. The maximum Gasteiger partial charge on any atom is 0.129 e. The van der Waals surface area contributed by atoms with Crippen molar-refractivity contribution in [3.8, 4) is 0 Å². The van der Waals surface area contributed by atoms with Gasteiger partial charge in [-0.3, -0.25) is 4.98 Å². The zero-order valence-corrected chi connectivity index (χ0v) is 11.1. The van der Waals surface area contributed by atoms with E-state index in [0.29, 0.717) is 5.56 Å². The third-order valence-corrected chi connectivity index (χ3v) is 3.50. The van der Waals surface area contributed by atoms with Crippen molar-refractivity contribution in [2.45, 2.75) is 12.5 Å². The highest BCUT2D eigenvalue weighted by Gasteiger charge is 2.17. The molecule has 4 heteroatoms. The van der Waals surface area contributed by atoms with Gasteiger partial charge in [0, 0.05) is 23.6 Å². The molecule has 0 aliphatic rings. The minimum Gasteiger partial charge on any atom is -0.388 e. The summed E-state index contributed by atoms with van der Waals surface area (Å²) in [7, 11) is 0. The van der Waals surface area contributed by atoms with Crippen LogP contribution in [0.3, 0.4) is 0 Å². The molecule has 0 saturated heterocycles. The van der Waals surface area contributed by atoms with Crippen LogP contribution in [0.1, 0.15) is 17.2 Å². The standard InChI is InChI=1S/C17H13F2NO/c18-14-5-3-6-15(19)13(14)10-17(21)12-8-9-20-16-7-2-1-4-11(12)16/h1-9,17,21H,10H2. The van der Waals surface area contributed by atoms with Gasteiger partial charge < -0.3 is 5.11 Å². The number of halogens is 2. The van der Waals surface area contributed by atoms with E-state index in [4.69, 9.17) is 0 Å². The number of aliphatic hydroxyl groups is 1. The average Bonchev–Trinajstić information content (AvgIpc) is 2.50. The van der Waals surface area contributed by atoms with Crippen molar-refractivity contribution in [3.63, 3.8) is 0 Å². The van der Waals surface area contributed by atoms with Crippen LogP contribution < -0.4 is 0 Å². The highest BCUT2D eigenvalue weighted by molar-refractivity contribution is 5.82. The van der Waals surface area contributed by atoms with Gasteiger partial charge in [0.05, 0.1) is 11.6 Å². The monoisotopic (exact) mass is 285 g/mol. The Morgan fingerprint density at radius 1 is 0.952 bits per heavy atom. The summed E-state index contributed by atoms with van der Waals surface area (Å²) >= 11 is 0. The van der Waals surface area contributed by atoms with Gasteiger partial charge in [-0.25, -0.2) is 8.78 Å². The number of rotatable bonds is 3. The van der Waals surface area contributed by atoms with Crippen molar-refractivity contribution in [2.24, 2.45) is 0 Å². The first-order valence-corrected chi connectivity index (χ1v) is 6.61. The molecule has 0 bridgehead atoms. The van der Waals surface area contributed by atoms with E-state index in [-0.39, 0.29) is 12.0 Å². The third kappa shape index (κ3) is 2.62. The van der Waals surface area contributed by atoms with Crippen molar-refractivity contribution in [1.82, 2.24) is 4.98 Å². The van der Waals surface area contributed by atoms with Crippen LogP contribution in [0.25, 0.3) is 10.9 Å². The largest absolute Gasteiger partial charge is 0.388 e. The first-order valence-electron chi connectivity index (χ1n) is 6.61. The summed E-state index contributed by atoms with van der Waals surface area (Å²) in [6.45, 7) is 0. The Labute approximate surface area is 120 Å². The number of pyridine rings is 1. The van der Waals surface area contributed by atoms with E-state index in [1.54, 1.807) is 12.3 Å². The Kier molecular flexibility index (Phi) is 3.62. The quantitative estimate of drug-likeness (QED) is 0.794. The van der Waals surface area contributed by atoms with Crippen molar-refractivity contribution in [3.05, 3.63) is 77.5 Å². The van der Waals surface area contributed by atoms with E-state index >= 15 is 0 Å². The lowest BCUT2D eigenvalue weighted by atomic mass is 9.98. The molecule has 1 atom stereocenters. The number of fused-ring (bicyclic) bond motifs is 1. The average molecular weight is 285 g/mol. The van der Waals surface area contributed by atoms with Gasteiger partial charge in [0.1, 0.15) is 11.6 Å². The minimum atomic E-state index is -0.996. The highest BCUT2D eigenvalue weighted by Crippen LogP contribution is 2.27. The first kappa shape index (κ1) is 13.6. The van der Waals surface area contributed by atoms with Crippen molar-refractivity contribution in [2.75, 3.05) is 0 Å². The summed E-state index contributed by atoms with van der Waals surface area (Å²) in [4.78, 5) is 4.21. The maximum atomic E-state index is 13.7. The zero-order valence-electron chi connectivity index (χ0n) is 11.1. The van der Waals surface area contributed by atoms with E-state index in [2.05, 4.69) is 4.98 Å². The molecule has 2 nitrogen and oxygen atoms in total. The van der Waals surface area contributed by atoms with E-state index < -0.39 is 17.7 Å². The second-order valence-electron chi connectivity index (χ2n) is 4.84. The van der Waals surface area contributed by atoms with Gasteiger partial charge in [0.25, 0.3) is 0 Å². The van der Waals surface area contributed by atoms with Crippen LogP contribution in [0.5, 0.6) is 0 Å². The van der Waals surface area contributed by atoms with Gasteiger partial charge in [-0.15, -0.1) is 0 Å². The van der Waals surface area contributed by atoms with Crippen molar-refractivity contribution < 1.29 is 13.9 Å². The lowest BCUT2D eigenvalue weighted by Crippen LogP contribution is -2.06. The molecule has 0 spiro atoms. The van der Waals surface area contributed by atoms with Crippen LogP contribution in [-0.4, -0.2) is 10.1 Å². The summed E-state index contributed by atoms with van der Waals surface area (Å²) < 4.78 is 27.4. The molecule has 0 fully saturated rings. The van der Waals surface area contributed by atoms with Crippen LogP contribution in [-0.2, 0) is 6.42 Å². The van der Waals surface area contributed by atoms with Crippen LogP contribution in [0.15, 0.2) is 54.7 Å². The molecule has 0 aliphatic carbocycles. The molecule has 0 amide bonds. The number of hydrogen-bond donors (Lipinski definition) is 1. The highest BCUT2D eigenvalue weighted by atomic mass is 19.1. The summed E-state index contributed by atoms with van der Waals surface area (Å²) in [5.74, 6) is -1.29. The van der Waals surface area contributed by atoms with Crippen LogP contribution in [0.4, 0.5) is 8.78 Å². The Hall–Kier alpha value is -2.33. The summed E-state index contributed by atoms with van der Waals surface area (Å²) in [5, 5.41) is 11.1. The summed E-state index contributed by atoms with van der Waals surface area (Å²) in [6, 6.07) is 12.7. The second kappa shape index (κ2) is 5.58. The smallest absolute Gasteiger partial charge is 0.129 e. The third-order valence-electron chi connectivity index (χ3n) is 3.50. The predicted molar refractivity (Wildman–Crippen MR) is 76.8 cm³/mol. The van der Waals surface area contributed by atoms with E-state index in [9.17, 15) is 13.9 Å². The molecule has 0 radical (unpaired) electrons. The lowest BCUT2D eigenvalue weighted by Gasteiger charge is -2.14. The first-order chi connectivity index (χ1) is 10.2. The molecule has 0 saturated carbocycles. The maximum absolute atomic E-state index is 13.7. The normalized spacial score (nSPS) is 12.5. The van der Waals surface area contributed by atoms with Gasteiger partial charge >= 0.3 is 0 Å². The lowest BCUT2D eigenvalue weighted by molar-refractivity contribution is 0.177. The predicted octanol–water partition coefficient (Wildman–Crippen LogP) is 3.79. The number of nitrogens with zero attached hydrogens (tertiary/aromatic N) is 1. The molecule has 1 heterocycles. The van der Waals surface area contributed by atoms with Crippen LogP contribution >= 0.6 is 0 Å². The molecule has 2 aromatic carbocycles. The summed E-state index contributed by atoms with van der Waals surface area (Å²) in [5.41, 5.74) is 1.25. The SMILES string of the molecule is OC(Cc1c(F)cccc1F)c1ccnc2ccccc12. The van der Waals surface area contributed by atoms with Gasteiger partial charge in [-0.1, -0.05) is 24.3 Å². The number of aromatic nitrogens is 1. The van der Waals surface area contributed by atoms with Crippen molar-refractivity contribution >= 4 is 10.9 Å². The molecule has 1 aromatic heterocycles. The van der Waals surface area contributed by atoms with Gasteiger partial charge in [0.2, 0.25) is 0 Å². The fourth-order valence-corrected chi connectivity index (χ4v) is 2.44. The number of para-hydroxylation sites is 1. The Morgan fingerprint density at radius 2 is 1.67 bits per heavy atom. The second-order valence-corrected chi connectivity index (χ2v) is 4.84. The topological polar surface area (TPSA) is 33.1 Å². The molecular weight excluding hydrogens is 272 g/mol. The molecule has 1 N–H and O–H groups in total. The fraction of sp³-hybridized carbons (Fsp3) is 0.118. The van der Waals surface area contributed by atoms with Gasteiger partial charge in [-0.2, -0.15) is 0 Å². The molecular formula is C17H13F2NO. The molecule has 21 heavy (non-hydrogen) atoms. The number of hydrogen-bond acceptors (Lipinski definition) is 2. The molecule has 0 aliphatic heterocycles. The fourth-order valence-electron chi connectivity index (χ4n) is 2.44. The van der Waals surface area contributed by atoms with Gasteiger partial charge in [-0.05, 0) is 29.8 Å². The molecule has 106 valence electrons. The minimum absolute atomic E-state index is 0.106. The molecule has 3 aromatic rings. The van der Waals surface area contributed by atoms with Crippen LogP contribution in [0.2, 0.25) is 0 Å². The van der Waals surface area contributed by atoms with E-state index in [1.807, 2.05) is 24.3 Å². The Morgan fingerprint density at radius 3 is 2.43 bits per heavy atom. The Balaban J connectivity index is 2.00. The van der Waals surface area contributed by atoms with E-state index in [0.717, 1.165) is 10.9 Å². The molecule has 3 rings (SSSR count). The Bertz CT molecular complexity index is 763. The zero-order chi connectivity index (χ0) is 14.8. The number of aliphatic hydroxyl groups excluding tert-OH is 1. The molecule has 1 unspecified atom stereocenters. The van der Waals surface area contributed by atoms with Crippen molar-refractivity contribution in [1.29, 1.82) is 0 Å². The summed E-state index contributed by atoms with van der Waals surface area (Å²) in [6.07, 6.45) is 0.467. The van der Waals surface area contributed by atoms with Gasteiger partial charge in [0.15, 0.2) is 0 Å². The van der Waals surface area contributed by atoms with E-state index in [1.165, 1.54) is 18.2 Å².